The predicted octanol–water partition coefficient (Wildman–Crippen LogP) is 5.75. The highest BCUT2D eigenvalue weighted by atomic mass is 16.6. The van der Waals surface area contributed by atoms with Gasteiger partial charge in [-0.1, -0.05) is 72.4 Å². The predicted molar refractivity (Wildman–Crippen MR) is 106 cm³/mol. The Labute approximate surface area is 156 Å². The molecule has 1 unspecified atom stereocenters. The highest BCUT2D eigenvalue weighted by molar-refractivity contribution is 5.89. The molecule has 2 nitrogen and oxygen atoms in total. The fourth-order valence-corrected chi connectivity index (χ4v) is 3.47. The molecule has 0 saturated heterocycles. The molecule has 0 heterocycles. The number of benzene rings is 2. The summed E-state index contributed by atoms with van der Waals surface area (Å²) < 4.78 is 0. The van der Waals surface area contributed by atoms with Crippen molar-refractivity contribution in [1.82, 2.24) is 0 Å². The van der Waals surface area contributed by atoms with Gasteiger partial charge < -0.3 is 4.84 Å². The van der Waals surface area contributed by atoms with E-state index in [0.717, 1.165) is 11.1 Å². The summed E-state index contributed by atoms with van der Waals surface area (Å²) in [5.74, 6) is 7.79. The molecule has 2 heteroatoms. The molecule has 1 atom stereocenters. The fourth-order valence-electron chi connectivity index (χ4n) is 3.47. The van der Waals surface area contributed by atoms with Gasteiger partial charge in [-0.05, 0) is 43.7 Å². The van der Waals surface area contributed by atoms with Crippen molar-refractivity contribution in [1.29, 1.82) is 0 Å². The van der Waals surface area contributed by atoms with Crippen molar-refractivity contribution >= 4 is 5.71 Å². The van der Waals surface area contributed by atoms with Gasteiger partial charge in [0.25, 0.3) is 0 Å². The molecule has 0 aliphatic heterocycles. The summed E-state index contributed by atoms with van der Waals surface area (Å²) in [7, 11) is 0. The minimum absolute atomic E-state index is 0.327. The zero-order chi connectivity index (χ0) is 17.6. The molecule has 2 aliphatic carbocycles. The van der Waals surface area contributed by atoms with Gasteiger partial charge in [-0.15, -0.1) is 0 Å². The third-order valence-electron chi connectivity index (χ3n) is 5.53. The molecule has 2 saturated carbocycles. The highest BCUT2D eigenvalue weighted by Crippen LogP contribution is 2.38. The van der Waals surface area contributed by atoms with E-state index in [1.54, 1.807) is 0 Å². The van der Waals surface area contributed by atoms with Gasteiger partial charge in [0.2, 0.25) is 6.10 Å². The van der Waals surface area contributed by atoms with E-state index in [1.165, 1.54) is 44.2 Å². The smallest absolute Gasteiger partial charge is 0.213 e. The van der Waals surface area contributed by atoms with Gasteiger partial charge in [0.15, 0.2) is 0 Å². The van der Waals surface area contributed by atoms with Crippen LogP contribution in [-0.2, 0) is 4.84 Å². The summed E-state index contributed by atoms with van der Waals surface area (Å²) >= 11 is 0. The molecular formula is C24H25NO. The van der Waals surface area contributed by atoms with E-state index in [0.29, 0.717) is 11.8 Å². The van der Waals surface area contributed by atoms with Crippen LogP contribution < -0.4 is 0 Å². The molecule has 4 rings (SSSR count). The monoisotopic (exact) mass is 343 g/mol. The average Bonchev–Trinajstić information content (AvgIpc) is 2.60. The van der Waals surface area contributed by atoms with Gasteiger partial charge >= 0.3 is 0 Å². The van der Waals surface area contributed by atoms with Crippen molar-refractivity contribution in [2.24, 2.45) is 17.0 Å². The van der Waals surface area contributed by atoms with Gasteiger partial charge in [0.05, 0.1) is 5.71 Å². The Morgan fingerprint density at radius 3 is 1.96 bits per heavy atom. The Morgan fingerprint density at radius 1 is 0.846 bits per heavy atom. The van der Waals surface area contributed by atoms with Crippen molar-refractivity contribution in [3.8, 4) is 11.8 Å². The normalized spacial score (nSPS) is 17.8. The van der Waals surface area contributed by atoms with E-state index >= 15 is 0 Å². The van der Waals surface area contributed by atoms with Gasteiger partial charge in [-0.3, -0.25) is 0 Å². The van der Waals surface area contributed by atoms with Crippen LogP contribution in [0.4, 0.5) is 0 Å². The quantitative estimate of drug-likeness (QED) is 0.385. The highest BCUT2D eigenvalue weighted by Gasteiger charge is 2.33. The maximum atomic E-state index is 6.04. The van der Waals surface area contributed by atoms with E-state index < -0.39 is 0 Å². The van der Waals surface area contributed by atoms with Crippen LogP contribution in [0.25, 0.3) is 0 Å². The standard InChI is InChI=1S/C24H25NO/c1-3-9-19(10-4-1)17-18-23(20-11-5-2-6-12-20)26-25-24(21-13-7-14-21)22-15-8-16-22/h1-6,9-12,21-23H,7-8,13-16H2. The molecule has 0 bridgehead atoms. The summed E-state index contributed by atoms with van der Waals surface area (Å²) in [4.78, 5) is 6.04. The second kappa shape index (κ2) is 8.23. The molecular weight excluding hydrogens is 318 g/mol. The van der Waals surface area contributed by atoms with E-state index in [9.17, 15) is 0 Å². The lowest BCUT2D eigenvalue weighted by Crippen LogP contribution is -2.33. The van der Waals surface area contributed by atoms with Crippen LogP contribution in [0.2, 0.25) is 0 Å². The molecule has 2 aliphatic rings. The average molecular weight is 343 g/mol. The minimum atomic E-state index is -0.327. The number of hydrogen-bond acceptors (Lipinski definition) is 2. The summed E-state index contributed by atoms with van der Waals surface area (Å²) in [5, 5.41) is 4.67. The van der Waals surface area contributed by atoms with Crippen molar-refractivity contribution in [3.63, 3.8) is 0 Å². The second-order valence-electron chi connectivity index (χ2n) is 7.30. The third-order valence-corrected chi connectivity index (χ3v) is 5.53. The molecule has 2 aromatic rings. The molecule has 2 aromatic carbocycles. The number of rotatable bonds is 5. The molecule has 26 heavy (non-hydrogen) atoms. The maximum absolute atomic E-state index is 6.04. The van der Waals surface area contributed by atoms with Crippen molar-refractivity contribution in [2.75, 3.05) is 0 Å². The summed E-state index contributed by atoms with van der Waals surface area (Å²) in [6.45, 7) is 0. The van der Waals surface area contributed by atoms with Gasteiger partial charge in [0.1, 0.15) is 0 Å². The summed E-state index contributed by atoms with van der Waals surface area (Å²) in [6, 6.07) is 20.2. The van der Waals surface area contributed by atoms with Gasteiger partial charge in [-0.25, -0.2) is 0 Å². The Hall–Kier alpha value is -2.53. The Kier molecular flexibility index (Phi) is 5.36. The van der Waals surface area contributed by atoms with Crippen LogP contribution in [0.5, 0.6) is 0 Å². The van der Waals surface area contributed by atoms with E-state index in [-0.39, 0.29) is 6.10 Å². The maximum Gasteiger partial charge on any atom is 0.213 e. The van der Waals surface area contributed by atoms with Gasteiger partial charge in [0, 0.05) is 23.0 Å². The minimum Gasteiger partial charge on any atom is -0.374 e. The molecule has 2 fully saturated rings. The lowest BCUT2D eigenvalue weighted by molar-refractivity contribution is 0.0938. The van der Waals surface area contributed by atoms with Crippen LogP contribution in [0, 0.1) is 23.7 Å². The van der Waals surface area contributed by atoms with E-state index in [1.807, 2.05) is 48.5 Å². The number of hydrogen-bond donors (Lipinski definition) is 0. The molecule has 0 N–H and O–H groups in total. The second-order valence-corrected chi connectivity index (χ2v) is 7.30. The van der Waals surface area contributed by atoms with E-state index in [4.69, 9.17) is 4.84 Å². The van der Waals surface area contributed by atoms with E-state index in [2.05, 4.69) is 29.1 Å². The largest absolute Gasteiger partial charge is 0.374 e. The first-order valence-corrected chi connectivity index (χ1v) is 9.75. The number of oxime groups is 1. The first-order chi connectivity index (χ1) is 12.9. The first kappa shape index (κ1) is 16.9. The van der Waals surface area contributed by atoms with Gasteiger partial charge in [-0.2, -0.15) is 0 Å². The topological polar surface area (TPSA) is 21.6 Å². The third kappa shape index (κ3) is 3.99. The van der Waals surface area contributed by atoms with Crippen LogP contribution in [-0.4, -0.2) is 5.71 Å². The van der Waals surface area contributed by atoms with Crippen LogP contribution in [0.3, 0.4) is 0 Å². The molecule has 0 radical (unpaired) electrons. The van der Waals surface area contributed by atoms with Crippen molar-refractivity contribution < 1.29 is 4.84 Å². The van der Waals surface area contributed by atoms with Crippen molar-refractivity contribution in [2.45, 2.75) is 44.6 Å². The van der Waals surface area contributed by atoms with Crippen LogP contribution in [0.1, 0.15) is 55.8 Å². The zero-order valence-corrected chi connectivity index (χ0v) is 15.1. The van der Waals surface area contributed by atoms with Crippen molar-refractivity contribution in [3.05, 3.63) is 71.8 Å². The number of nitrogens with zero attached hydrogens (tertiary/aromatic N) is 1. The summed E-state index contributed by atoms with van der Waals surface area (Å²) in [5.41, 5.74) is 3.35. The lowest BCUT2D eigenvalue weighted by atomic mass is 9.71. The fraction of sp³-hybridized carbons (Fsp3) is 0.375. The Morgan fingerprint density at radius 2 is 1.42 bits per heavy atom. The zero-order valence-electron chi connectivity index (χ0n) is 15.1. The van der Waals surface area contributed by atoms with Crippen LogP contribution in [0.15, 0.2) is 65.8 Å². The Bertz CT molecular complexity index is 776. The first-order valence-electron chi connectivity index (χ1n) is 9.75. The lowest BCUT2D eigenvalue weighted by Gasteiger charge is -2.35. The summed E-state index contributed by atoms with van der Waals surface area (Å²) in [6.07, 6.45) is 7.40. The SMILES string of the molecule is C(#CC(ON=C(C1CCC1)C1CCC1)c1ccccc1)c1ccccc1. The molecule has 0 aromatic heterocycles. The molecule has 0 spiro atoms. The Balaban J connectivity index is 1.56. The van der Waals surface area contributed by atoms with Crippen LogP contribution >= 0.6 is 0 Å². The molecule has 132 valence electrons. The molecule has 0 amide bonds.